The first-order valence-electron chi connectivity index (χ1n) is 5.64. The average molecular weight is 298 g/mol. The molecule has 2 aromatic rings. The summed E-state index contributed by atoms with van der Waals surface area (Å²) in [5.41, 5.74) is 0.749. The van der Waals surface area contributed by atoms with Gasteiger partial charge in [-0.05, 0) is 24.3 Å². The number of aliphatic hydroxyl groups excluding tert-OH is 1. The lowest BCUT2D eigenvalue weighted by Crippen LogP contribution is -2.29. The second-order valence-electron chi connectivity index (χ2n) is 3.88. The van der Waals surface area contributed by atoms with Crippen LogP contribution in [0.4, 0.5) is 0 Å². The summed E-state index contributed by atoms with van der Waals surface area (Å²) in [6, 6.07) is 8.81. The number of hydrogen-bond acceptors (Lipinski definition) is 5. The minimum atomic E-state index is -3.52. The van der Waals surface area contributed by atoms with Crippen LogP contribution in [-0.2, 0) is 10.0 Å². The third-order valence-corrected chi connectivity index (χ3v) is 6.01. The maximum Gasteiger partial charge on any atom is 0.252 e. The van der Waals surface area contributed by atoms with Crippen molar-refractivity contribution in [2.45, 2.75) is 4.21 Å². The molecule has 2 aromatic heterocycles. The lowest BCUT2D eigenvalue weighted by molar-refractivity contribution is 0.266. The number of aliphatic hydroxyl groups is 1. The zero-order chi connectivity index (χ0) is 13.9. The van der Waals surface area contributed by atoms with Crippen molar-refractivity contribution in [1.29, 1.82) is 0 Å². The Hall–Kier alpha value is -1.28. The molecule has 102 valence electrons. The van der Waals surface area contributed by atoms with E-state index in [1.807, 2.05) is 18.2 Å². The van der Waals surface area contributed by atoms with Crippen molar-refractivity contribution in [2.24, 2.45) is 0 Å². The van der Waals surface area contributed by atoms with Crippen molar-refractivity contribution in [1.82, 2.24) is 9.29 Å². The fraction of sp³-hybridized carbons (Fsp3) is 0.250. The first kappa shape index (κ1) is 14.1. The zero-order valence-electron chi connectivity index (χ0n) is 10.4. The Morgan fingerprint density at radius 3 is 2.74 bits per heavy atom. The molecule has 0 amide bonds. The van der Waals surface area contributed by atoms with Crippen molar-refractivity contribution >= 4 is 21.4 Å². The first-order valence-corrected chi connectivity index (χ1v) is 7.90. The van der Waals surface area contributed by atoms with Crippen LogP contribution in [0.15, 0.2) is 40.7 Å². The Bertz CT molecular complexity index is 638. The Morgan fingerprint density at radius 1 is 1.32 bits per heavy atom. The van der Waals surface area contributed by atoms with E-state index in [-0.39, 0.29) is 17.4 Å². The van der Waals surface area contributed by atoms with Gasteiger partial charge in [0, 0.05) is 19.8 Å². The van der Waals surface area contributed by atoms with E-state index in [1.165, 1.54) is 18.4 Å². The van der Waals surface area contributed by atoms with Gasteiger partial charge in [0.05, 0.1) is 17.2 Å². The third kappa shape index (κ3) is 3.01. The normalized spacial score (nSPS) is 11.9. The number of rotatable bonds is 5. The Balaban J connectivity index is 2.32. The van der Waals surface area contributed by atoms with Crippen LogP contribution >= 0.6 is 11.3 Å². The summed E-state index contributed by atoms with van der Waals surface area (Å²) in [5, 5.41) is 8.82. The van der Waals surface area contributed by atoms with Gasteiger partial charge in [0.15, 0.2) is 0 Å². The second-order valence-corrected chi connectivity index (χ2v) is 7.24. The molecule has 0 aliphatic rings. The highest BCUT2D eigenvalue weighted by Gasteiger charge is 2.22. The van der Waals surface area contributed by atoms with Gasteiger partial charge >= 0.3 is 0 Å². The zero-order valence-corrected chi connectivity index (χ0v) is 12.0. The van der Waals surface area contributed by atoms with Gasteiger partial charge < -0.3 is 5.11 Å². The summed E-state index contributed by atoms with van der Waals surface area (Å²) >= 11 is 1.17. The summed E-state index contributed by atoms with van der Waals surface area (Å²) in [7, 11) is -2.07. The number of sulfonamides is 1. The molecule has 0 aliphatic carbocycles. The molecule has 7 heteroatoms. The molecule has 0 saturated carbocycles. The smallest absolute Gasteiger partial charge is 0.252 e. The maximum atomic E-state index is 12.2. The third-order valence-electron chi connectivity index (χ3n) is 2.58. The standard InChI is InChI=1S/C12H14N2O3S2/c1-14(8-9-15)19(16,17)12-6-5-11(18-12)10-4-2-3-7-13-10/h2-7,15H,8-9H2,1H3. The summed E-state index contributed by atoms with van der Waals surface area (Å²) < 4.78 is 25.7. The minimum absolute atomic E-state index is 0.0825. The van der Waals surface area contributed by atoms with E-state index >= 15 is 0 Å². The molecule has 19 heavy (non-hydrogen) atoms. The number of thiophene rings is 1. The average Bonchev–Trinajstić information content (AvgIpc) is 2.90. The summed E-state index contributed by atoms with van der Waals surface area (Å²) in [6.45, 7) is -0.118. The number of pyridine rings is 1. The van der Waals surface area contributed by atoms with Crippen molar-refractivity contribution in [3.8, 4) is 10.6 Å². The van der Waals surface area contributed by atoms with E-state index < -0.39 is 10.0 Å². The fourth-order valence-electron chi connectivity index (χ4n) is 1.52. The lowest BCUT2D eigenvalue weighted by Gasteiger charge is -2.13. The highest BCUT2D eigenvalue weighted by atomic mass is 32.2. The van der Waals surface area contributed by atoms with Gasteiger partial charge in [-0.3, -0.25) is 4.98 Å². The Labute approximate surface area is 116 Å². The van der Waals surface area contributed by atoms with Crippen LogP contribution in [0.3, 0.4) is 0 Å². The van der Waals surface area contributed by atoms with E-state index in [9.17, 15) is 8.42 Å². The SMILES string of the molecule is CN(CCO)S(=O)(=O)c1ccc(-c2ccccn2)s1. The van der Waals surface area contributed by atoms with E-state index in [1.54, 1.807) is 18.3 Å². The van der Waals surface area contributed by atoms with Crippen LogP contribution in [0, 0.1) is 0 Å². The molecule has 0 radical (unpaired) electrons. The predicted molar refractivity (Wildman–Crippen MR) is 74.5 cm³/mol. The van der Waals surface area contributed by atoms with Gasteiger partial charge in [0.2, 0.25) is 0 Å². The summed E-state index contributed by atoms with van der Waals surface area (Å²) in [4.78, 5) is 4.99. The second kappa shape index (κ2) is 5.79. The van der Waals surface area contributed by atoms with E-state index in [0.717, 1.165) is 14.9 Å². The largest absolute Gasteiger partial charge is 0.395 e. The molecule has 2 heterocycles. The van der Waals surface area contributed by atoms with Crippen molar-refractivity contribution < 1.29 is 13.5 Å². The molecule has 0 fully saturated rings. The molecular formula is C12H14N2O3S2. The quantitative estimate of drug-likeness (QED) is 0.906. The number of aromatic nitrogens is 1. The van der Waals surface area contributed by atoms with Crippen LogP contribution in [-0.4, -0.2) is 43.0 Å². The molecule has 0 aliphatic heterocycles. The van der Waals surface area contributed by atoms with E-state index in [0.29, 0.717) is 0 Å². The van der Waals surface area contributed by atoms with Gasteiger partial charge in [-0.2, -0.15) is 4.31 Å². The number of likely N-dealkylation sites (N-methyl/N-ethyl adjacent to an activating group) is 1. The van der Waals surface area contributed by atoms with Crippen LogP contribution in [0.2, 0.25) is 0 Å². The van der Waals surface area contributed by atoms with Gasteiger partial charge in [-0.25, -0.2) is 8.42 Å². The van der Waals surface area contributed by atoms with Crippen molar-refractivity contribution in [2.75, 3.05) is 20.2 Å². The molecule has 5 nitrogen and oxygen atoms in total. The van der Waals surface area contributed by atoms with Crippen LogP contribution in [0.5, 0.6) is 0 Å². The van der Waals surface area contributed by atoms with Crippen LogP contribution in [0.25, 0.3) is 10.6 Å². The molecule has 0 spiro atoms. The van der Waals surface area contributed by atoms with E-state index in [2.05, 4.69) is 4.98 Å². The minimum Gasteiger partial charge on any atom is -0.395 e. The first-order chi connectivity index (χ1) is 9.05. The van der Waals surface area contributed by atoms with Crippen LogP contribution < -0.4 is 0 Å². The topological polar surface area (TPSA) is 70.5 Å². The highest BCUT2D eigenvalue weighted by molar-refractivity contribution is 7.91. The highest BCUT2D eigenvalue weighted by Crippen LogP contribution is 2.30. The van der Waals surface area contributed by atoms with Crippen LogP contribution in [0.1, 0.15) is 0 Å². The number of nitrogens with zero attached hydrogens (tertiary/aromatic N) is 2. The molecule has 0 unspecified atom stereocenters. The van der Waals surface area contributed by atoms with Crippen molar-refractivity contribution in [3.05, 3.63) is 36.5 Å². The van der Waals surface area contributed by atoms with Gasteiger partial charge in [0.1, 0.15) is 4.21 Å². The fourth-order valence-corrected chi connectivity index (χ4v) is 4.18. The number of hydrogen-bond donors (Lipinski definition) is 1. The molecule has 2 rings (SSSR count). The molecule has 0 aromatic carbocycles. The van der Waals surface area contributed by atoms with Crippen molar-refractivity contribution in [3.63, 3.8) is 0 Å². The molecule has 1 N–H and O–H groups in total. The monoisotopic (exact) mass is 298 g/mol. The lowest BCUT2D eigenvalue weighted by atomic mass is 10.3. The summed E-state index contributed by atoms with van der Waals surface area (Å²) in [5.74, 6) is 0. The predicted octanol–water partition coefficient (Wildman–Crippen LogP) is 1.42. The van der Waals surface area contributed by atoms with Gasteiger partial charge in [-0.15, -0.1) is 11.3 Å². The molecule has 0 atom stereocenters. The molecule has 0 bridgehead atoms. The maximum absolute atomic E-state index is 12.2. The van der Waals surface area contributed by atoms with E-state index in [4.69, 9.17) is 5.11 Å². The van der Waals surface area contributed by atoms with Gasteiger partial charge in [-0.1, -0.05) is 6.07 Å². The molecule has 0 saturated heterocycles. The van der Waals surface area contributed by atoms with Gasteiger partial charge in [0.25, 0.3) is 10.0 Å². The summed E-state index contributed by atoms with van der Waals surface area (Å²) in [6.07, 6.45) is 1.67. The Kier molecular flexibility index (Phi) is 4.31. The molecular weight excluding hydrogens is 284 g/mol. The Morgan fingerprint density at radius 2 is 2.11 bits per heavy atom.